The second kappa shape index (κ2) is 7.64. The first kappa shape index (κ1) is 18.0. The maximum atomic E-state index is 5.89. The van der Waals surface area contributed by atoms with Crippen molar-refractivity contribution in [2.75, 3.05) is 6.54 Å². The van der Waals surface area contributed by atoms with Gasteiger partial charge in [-0.25, -0.2) is 4.98 Å². The van der Waals surface area contributed by atoms with Crippen LogP contribution in [0.5, 0.6) is 0 Å². The predicted octanol–water partition coefficient (Wildman–Crippen LogP) is 4.48. The topological polar surface area (TPSA) is 63.8 Å². The molecule has 0 atom stereocenters. The number of hydrogen-bond acceptors (Lipinski definition) is 6. The van der Waals surface area contributed by atoms with Gasteiger partial charge in [-0.1, -0.05) is 37.5 Å². The third kappa shape index (κ3) is 4.87. The van der Waals surface area contributed by atoms with Crippen LogP contribution in [0.15, 0.2) is 35.0 Å². The minimum Gasteiger partial charge on any atom is -0.339 e. The summed E-state index contributed by atoms with van der Waals surface area (Å²) in [6.45, 7) is 8.10. The summed E-state index contributed by atoms with van der Waals surface area (Å²) in [7, 11) is 0. The molecule has 0 saturated carbocycles. The van der Waals surface area contributed by atoms with Gasteiger partial charge in [0.05, 0.1) is 5.01 Å². The number of nitrogens with one attached hydrogen (secondary N) is 1. The Balaban J connectivity index is 1.48. The Labute approximate surface area is 156 Å². The number of rotatable bonds is 6. The van der Waals surface area contributed by atoms with Crippen LogP contribution in [-0.4, -0.2) is 21.7 Å². The Hall–Kier alpha value is -1.76. The van der Waals surface area contributed by atoms with E-state index in [0.717, 1.165) is 23.7 Å². The third-order valence-electron chi connectivity index (χ3n) is 3.58. The Kier molecular flexibility index (Phi) is 5.51. The van der Waals surface area contributed by atoms with Crippen molar-refractivity contribution in [1.29, 1.82) is 0 Å². The SMILES string of the molecule is CC(C)(C)c1ncc(CNCCc2nc(-c3ccc(Cl)cc3)no2)s1. The second-order valence-electron chi connectivity index (χ2n) is 6.83. The zero-order valence-electron chi connectivity index (χ0n) is 14.5. The van der Waals surface area contributed by atoms with E-state index in [1.807, 2.05) is 30.5 Å². The van der Waals surface area contributed by atoms with Crippen LogP contribution in [0.3, 0.4) is 0 Å². The van der Waals surface area contributed by atoms with E-state index in [4.69, 9.17) is 16.1 Å². The van der Waals surface area contributed by atoms with Gasteiger partial charge in [-0.3, -0.25) is 0 Å². The molecule has 0 unspecified atom stereocenters. The molecule has 25 heavy (non-hydrogen) atoms. The Morgan fingerprint density at radius 2 is 1.96 bits per heavy atom. The number of aromatic nitrogens is 3. The van der Waals surface area contributed by atoms with Crippen molar-refractivity contribution < 1.29 is 4.52 Å². The molecule has 3 aromatic rings. The predicted molar refractivity (Wildman–Crippen MR) is 101 cm³/mol. The van der Waals surface area contributed by atoms with Gasteiger partial charge < -0.3 is 9.84 Å². The summed E-state index contributed by atoms with van der Waals surface area (Å²) in [5.41, 5.74) is 0.997. The summed E-state index contributed by atoms with van der Waals surface area (Å²) in [4.78, 5) is 10.1. The number of benzene rings is 1. The molecule has 0 spiro atoms. The van der Waals surface area contributed by atoms with Crippen molar-refractivity contribution in [3.05, 3.63) is 51.3 Å². The fourth-order valence-corrected chi connectivity index (χ4v) is 3.28. The zero-order valence-corrected chi connectivity index (χ0v) is 16.1. The Morgan fingerprint density at radius 3 is 2.64 bits per heavy atom. The molecule has 0 radical (unpaired) electrons. The molecule has 0 fully saturated rings. The van der Waals surface area contributed by atoms with Crippen LogP contribution < -0.4 is 5.32 Å². The van der Waals surface area contributed by atoms with Gasteiger partial charge >= 0.3 is 0 Å². The van der Waals surface area contributed by atoms with Gasteiger partial charge in [-0.15, -0.1) is 11.3 Å². The monoisotopic (exact) mass is 376 g/mol. The van der Waals surface area contributed by atoms with E-state index < -0.39 is 0 Å². The molecule has 2 aromatic heterocycles. The number of hydrogen-bond donors (Lipinski definition) is 1. The molecule has 0 saturated heterocycles. The van der Waals surface area contributed by atoms with E-state index in [0.29, 0.717) is 23.2 Å². The molecular weight excluding hydrogens is 356 g/mol. The zero-order chi connectivity index (χ0) is 17.9. The first-order valence-electron chi connectivity index (χ1n) is 8.16. The van der Waals surface area contributed by atoms with E-state index in [-0.39, 0.29) is 5.41 Å². The minimum absolute atomic E-state index is 0.102. The van der Waals surface area contributed by atoms with Gasteiger partial charge in [0.25, 0.3) is 0 Å². The van der Waals surface area contributed by atoms with Crippen LogP contribution in [0.4, 0.5) is 0 Å². The molecule has 0 amide bonds. The number of thiazole rings is 1. The average Bonchev–Trinajstić information content (AvgIpc) is 3.21. The lowest BCUT2D eigenvalue weighted by atomic mass is 9.98. The van der Waals surface area contributed by atoms with E-state index in [1.54, 1.807) is 11.3 Å². The highest BCUT2D eigenvalue weighted by Crippen LogP contribution is 2.26. The summed E-state index contributed by atoms with van der Waals surface area (Å²) < 4.78 is 5.31. The lowest BCUT2D eigenvalue weighted by Crippen LogP contribution is -2.16. The van der Waals surface area contributed by atoms with Gasteiger partial charge in [0.15, 0.2) is 0 Å². The average molecular weight is 377 g/mol. The molecule has 0 aliphatic carbocycles. The van der Waals surface area contributed by atoms with Crippen LogP contribution in [-0.2, 0) is 18.4 Å². The quantitative estimate of drug-likeness (QED) is 0.643. The molecule has 2 heterocycles. The molecule has 0 bridgehead atoms. The van der Waals surface area contributed by atoms with Crippen LogP contribution in [0.25, 0.3) is 11.4 Å². The smallest absolute Gasteiger partial charge is 0.228 e. The lowest BCUT2D eigenvalue weighted by Gasteiger charge is -2.13. The molecule has 1 aromatic carbocycles. The molecule has 132 valence electrons. The normalized spacial score (nSPS) is 11.8. The Bertz CT molecular complexity index is 820. The first-order valence-corrected chi connectivity index (χ1v) is 9.36. The van der Waals surface area contributed by atoms with Gasteiger partial charge in [0.2, 0.25) is 11.7 Å². The lowest BCUT2D eigenvalue weighted by molar-refractivity contribution is 0.376. The maximum Gasteiger partial charge on any atom is 0.228 e. The largest absolute Gasteiger partial charge is 0.339 e. The van der Waals surface area contributed by atoms with Crippen LogP contribution >= 0.6 is 22.9 Å². The molecule has 1 N–H and O–H groups in total. The standard InChI is InChI=1S/C18H21ClN4OS/c1-18(2,3)17-21-11-14(25-17)10-20-9-8-15-22-16(23-24-15)12-4-6-13(19)7-5-12/h4-7,11,20H,8-10H2,1-3H3. The van der Waals surface area contributed by atoms with Crippen molar-refractivity contribution >= 4 is 22.9 Å². The van der Waals surface area contributed by atoms with Gasteiger partial charge in [-0.2, -0.15) is 4.98 Å². The molecule has 0 aliphatic rings. The first-order chi connectivity index (χ1) is 11.9. The van der Waals surface area contributed by atoms with E-state index in [1.165, 1.54) is 4.88 Å². The summed E-state index contributed by atoms with van der Waals surface area (Å²) in [5.74, 6) is 1.21. The highest BCUT2D eigenvalue weighted by atomic mass is 35.5. The summed E-state index contributed by atoms with van der Waals surface area (Å²) >= 11 is 7.64. The van der Waals surface area contributed by atoms with Gasteiger partial charge in [-0.05, 0) is 24.3 Å². The fraction of sp³-hybridized carbons (Fsp3) is 0.389. The highest BCUT2D eigenvalue weighted by Gasteiger charge is 2.17. The van der Waals surface area contributed by atoms with E-state index in [9.17, 15) is 0 Å². The van der Waals surface area contributed by atoms with E-state index in [2.05, 4.69) is 41.2 Å². The number of halogens is 1. The van der Waals surface area contributed by atoms with Crippen molar-refractivity contribution in [2.45, 2.75) is 39.2 Å². The molecule has 0 aliphatic heterocycles. The Morgan fingerprint density at radius 1 is 1.20 bits per heavy atom. The third-order valence-corrected chi connectivity index (χ3v) is 5.26. The number of nitrogens with zero attached hydrogens (tertiary/aromatic N) is 3. The fourth-order valence-electron chi connectivity index (χ4n) is 2.22. The van der Waals surface area contributed by atoms with Crippen LogP contribution in [0.2, 0.25) is 5.02 Å². The molecule has 3 rings (SSSR count). The van der Waals surface area contributed by atoms with E-state index >= 15 is 0 Å². The summed E-state index contributed by atoms with van der Waals surface area (Å²) in [5, 5.41) is 9.27. The van der Waals surface area contributed by atoms with Crippen molar-refractivity contribution in [3.8, 4) is 11.4 Å². The molecule has 5 nitrogen and oxygen atoms in total. The second-order valence-corrected chi connectivity index (χ2v) is 8.38. The van der Waals surface area contributed by atoms with Crippen molar-refractivity contribution in [2.24, 2.45) is 0 Å². The van der Waals surface area contributed by atoms with Crippen molar-refractivity contribution in [3.63, 3.8) is 0 Å². The van der Waals surface area contributed by atoms with Crippen LogP contribution in [0.1, 0.15) is 36.5 Å². The molecule has 7 heteroatoms. The minimum atomic E-state index is 0.102. The van der Waals surface area contributed by atoms with Crippen LogP contribution in [0, 0.1) is 0 Å². The van der Waals surface area contributed by atoms with Gasteiger partial charge in [0.1, 0.15) is 0 Å². The summed E-state index contributed by atoms with van der Waals surface area (Å²) in [6.07, 6.45) is 2.63. The van der Waals surface area contributed by atoms with Crippen molar-refractivity contribution in [1.82, 2.24) is 20.4 Å². The maximum absolute atomic E-state index is 5.89. The van der Waals surface area contributed by atoms with Gasteiger partial charge in [0, 0.05) is 46.6 Å². The highest BCUT2D eigenvalue weighted by molar-refractivity contribution is 7.11. The molecular formula is C18H21ClN4OS. The summed E-state index contributed by atoms with van der Waals surface area (Å²) in [6, 6.07) is 7.39.